The molecule has 0 amide bonds. The van der Waals surface area contributed by atoms with E-state index in [-0.39, 0.29) is 0 Å². The lowest BCUT2D eigenvalue weighted by atomic mass is 10.1. The van der Waals surface area contributed by atoms with Gasteiger partial charge in [0.1, 0.15) is 10.6 Å². The molecule has 0 atom stereocenters. The molecule has 51 heavy (non-hydrogen) atoms. The third kappa shape index (κ3) is 4.50. The highest BCUT2D eigenvalue weighted by molar-refractivity contribution is 7.22. The van der Waals surface area contributed by atoms with Crippen LogP contribution in [0.4, 0.5) is 17.1 Å². The third-order valence-electron chi connectivity index (χ3n) is 9.53. The molecule has 0 spiro atoms. The van der Waals surface area contributed by atoms with E-state index in [9.17, 15) is 0 Å². The predicted molar refractivity (Wildman–Crippen MR) is 212 cm³/mol. The molecule has 11 aromatic rings. The number of nitrogens with zero attached hydrogens (tertiary/aromatic N) is 5. The fraction of sp³-hybridized carbons (Fsp3) is 0. The minimum absolute atomic E-state index is 0.647. The maximum absolute atomic E-state index is 6.18. The van der Waals surface area contributed by atoms with Gasteiger partial charge in [-0.25, -0.2) is 15.0 Å². The van der Waals surface area contributed by atoms with E-state index in [0.29, 0.717) is 5.71 Å². The molecular weight excluding hydrogens is 667 g/mol. The number of para-hydroxylation sites is 3. The van der Waals surface area contributed by atoms with E-state index in [1.807, 2.05) is 12.1 Å². The number of furan rings is 1. The molecule has 0 fully saturated rings. The van der Waals surface area contributed by atoms with Gasteiger partial charge in [-0.2, -0.15) is 0 Å². The number of thiazole rings is 2. The second kappa shape index (κ2) is 11.1. The Hall–Kier alpha value is -6.35. The fourth-order valence-corrected chi connectivity index (χ4v) is 9.24. The Morgan fingerprint density at radius 3 is 2.06 bits per heavy atom. The zero-order chi connectivity index (χ0) is 33.5. The first kappa shape index (κ1) is 28.5. The second-order valence-electron chi connectivity index (χ2n) is 12.5. The van der Waals surface area contributed by atoms with Crippen molar-refractivity contribution >= 4 is 104 Å². The van der Waals surface area contributed by atoms with Gasteiger partial charge in [-0.3, -0.25) is 4.57 Å². The average Bonchev–Trinajstić information content (AvgIpc) is 3.96. The van der Waals surface area contributed by atoms with Crippen molar-refractivity contribution in [3.63, 3.8) is 0 Å². The molecule has 0 bridgehead atoms. The van der Waals surface area contributed by atoms with Gasteiger partial charge in [-0.05, 0) is 84.9 Å². The van der Waals surface area contributed by atoms with Crippen molar-refractivity contribution < 1.29 is 4.42 Å². The van der Waals surface area contributed by atoms with Crippen LogP contribution in [0.5, 0.6) is 0 Å². The smallest absolute Gasteiger partial charge is 0.227 e. The summed E-state index contributed by atoms with van der Waals surface area (Å²) in [4.78, 5) is 16.9. The molecule has 0 aliphatic rings. The molecule has 0 N–H and O–H groups in total. The van der Waals surface area contributed by atoms with Gasteiger partial charge in [-0.1, -0.05) is 65.9 Å². The average molecular weight is 692 g/mol. The molecule has 6 nitrogen and oxygen atoms in total. The number of benzene rings is 6. The van der Waals surface area contributed by atoms with Gasteiger partial charge < -0.3 is 9.32 Å². The Labute approximate surface area is 299 Å². The topological polar surface area (TPSA) is 60.0 Å². The molecule has 0 saturated heterocycles. The number of rotatable bonds is 5. The molecule has 8 heteroatoms. The second-order valence-corrected chi connectivity index (χ2v) is 14.6. The first-order valence-corrected chi connectivity index (χ1v) is 18.3. The first-order chi connectivity index (χ1) is 25.2. The zero-order valence-corrected chi connectivity index (χ0v) is 28.5. The van der Waals surface area contributed by atoms with Crippen molar-refractivity contribution in [1.82, 2.24) is 19.5 Å². The molecule has 0 aliphatic carbocycles. The predicted octanol–water partition coefficient (Wildman–Crippen LogP) is 12.4. The van der Waals surface area contributed by atoms with Crippen LogP contribution in [0.25, 0.3) is 80.0 Å². The Morgan fingerprint density at radius 1 is 0.529 bits per heavy atom. The van der Waals surface area contributed by atoms with Gasteiger partial charge in [0.25, 0.3) is 0 Å². The third-order valence-corrected chi connectivity index (χ3v) is 11.6. The normalized spacial score (nSPS) is 11.9. The summed E-state index contributed by atoms with van der Waals surface area (Å²) in [7, 11) is 0. The summed E-state index contributed by atoms with van der Waals surface area (Å²) < 4.78 is 10.7. The standard InChI is InChI=1S/C43H25N5OS2/c1-2-9-27(10-3-1)47(28-17-19-32-33-13-8-22-44-41(33)49-38(32)24-28)29-18-21-34-40(25-29)50-42(45-34)26-16-20-35-39(23-26)51-43(46-35)48-36-14-6-4-11-30(36)31-12-5-7-15-37(31)48/h1-25H. The summed E-state index contributed by atoms with van der Waals surface area (Å²) in [5, 5.41) is 6.49. The first-order valence-electron chi connectivity index (χ1n) is 16.7. The van der Waals surface area contributed by atoms with Crippen LogP contribution in [-0.4, -0.2) is 19.5 Å². The summed E-state index contributed by atoms with van der Waals surface area (Å²) in [6.45, 7) is 0. The molecule has 0 saturated carbocycles. The summed E-state index contributed by atoms with van der Waals surface area (Å²) in [6, 6.07) is 50.9. The van der Waals surface area contributed by atoms with E-state index in [1.54, 1.807) is 28.9 Å². The van der Waals surface area contributed by atoms with Crippen molar-refractivity contribution in [3.05, 3.63) is 152 Å². The quantitative estimate of drug-likeness (QED) is 0.180. The number of hydrogen-bond donors (Lipinski definition) is 0. The minimum Gasteiger partial charge on any atom is -0.438 e. The number of hydrogen-bond acceptors (Lipinski definition) is 7. The molecule has 0 aliphatic heterocycles. The maximum atomic E-state index is 6.18. The van der Waals surface area contributed by atoms with Crippen molar-refractivity contribution in [2.45, 2.75) is 0 Å². The van der Waals surface area contributed by atoms with Crippen molar-refractivity contribution in [1.29, 1.82) is 0 Å². The molecule has 0 unspecified atom stereocenters. The summed E-state index contributed by atoms with van der Waals surface area (Å²) in [6.07, 6.45) is 1.76. The van der Waals surface area contributed by atoms with Crippen LogP contribution in [0, 0.1) is 0 Å². The van der Waals surface area contributed by atoms with E-state index >= 15 is 0 Å². The van der Waals surface area contributed by atoms with Crippen LogP contribution in [0.2, 0.25) is 0 Å². The van der Waals surface area contributed by atoms with E-state index < -0.39 is 0 Å². The van der Waals surface area contributed by atoms with E-state index in [1.165, 1.54) is 21.8 Å². The van der Waals surface area contributed by atoms with Crippen LogP contribution in [0.1, 0.15) is 0 Å². The summed E-state index contributed by atoms with van der Waals surface area (Å²) >= 11 is 3.42. The zero-order valence-electron chi connectivity index (χ0n) is 26.9. The lowest BCUT2D eigenvalue weighted by molar-refractivity contribution is 0.654. The van der Waals surface area contributed by atoms with Crippen LogP contribution >= 0.6 is 22.7 Å². The van der Waals surface area contributed by atoms with E-state index in [0.717, 1.165) is 69.6 Å². The lowest BCUT2D eigenvalue weighted by Gasteiger charge is -2.25. The van der Waals surface area contributed by atoms with Gasteiger partial charge >= 0.3 is 0 Å². The molecule has 6 aromatic carbocycles. The highest BCUT2D eigenvalue weighted by Gasteiger charge is 2.19. The summed E-state index contributed by atoms with van der Waals surface area (Å²) in [5.74, 6) is 0. The minimum atomic E-state index is 0.647. The maximum Gasteiger partial charge on any atom is 0.227 e. The van der Waals surface area contributed by atoms with E-state index in [2.05, 4.69) is 148 Å². The van der Waals surface area contributed by atoms with E-state index in [4.69, 9.17) is 14.4 Å². The highest BCUT2D eigenvalue weighted by Crippen LogP contribution is 2.42. The fourth-order valence-electron chi connectivity index (χ4n) is 7.21. The molecule has 5 heterocycles. The van der Waals surface area contributed by atoms with Crippen molar-refractivity contribution in [2.75, 3.05) is 4.90 Å². The molecular formula is C43H25N5OS2. The monoisotopic (exact) mass is 691 g/mol. The number of aromatic nitrogens is 4. The SMILES string of the molecule is c1ccc(N(c2ccc3c(c2)oc2ncccc23)c2ccc3nc(-c4ccc5nc(-n6c7ccccc7c7ccccc76)sc5c4)sc3c2)cc1. The molecule has 240 valence electrons. The van der Waals surface area contributed by atoms with Gasteiger partial charge in [0, 0.05) is 56.4 Å². The van der Waals surface area contributed by atoms with Gasteiger partial charge in [-0.15, -0.1) is 11.3 Å². The van der Waals surface area contributed by atoms with Crippen molar-refractivity contribution in [3.8, 4) is 15.7 Å². The van der Waals surface area contributed by atoms with Crippen LogP contribution in [0.15, 0.2) is 156 Å². The largest absolute Gasteiger partial charge is 0.438 e. The van der Waals surface area contributed by atoms with Gasteiger partial charge in [0.15, 0.2) is 5.13 Å². The molecule has 0 radical (unpaired) electrons. The molecule has 5 aromatic heterocycles. The Bertz CT molecular complexity index is 3060. The number of pyridine rings is 1. The van der Waals surface area contributed by atoms with Crippen LogP contribution in [-0.2, 0) is 0 Å². The Kier molecular flexibility index (Phi) is 6.19. The lowest BCUT2D eigenvalue weighted by Crippen LogP contribution is -2.09. The van der Waals surface area contributed by atoms with Crippen LogP contribution < -0.4 is 4.90 Å². The van der Waals surface area contributed by atoms with Gasteiger partial charge in [0.2, 0.25) is 5.71 Å². The Balaban J connectivity index is 0.992. The number of anilines is 3. The van der Waals surface area contributed by atoms with Crippen molar-refractivity contribution in [2.24, 2.45) is 0 Å². The summed E-state index contributed by atoms with van der Waals surface area (Å²) in [5.41, 5.74) is 9.95. The van der Waals surface area contributed by atoms with Gasteiger partial charge in [0.05, 0.1) is 31.5 Å². The highest BCUT2D eigenvalue weighted by atomic mass is 32.1. The molecule has 11 rings (SSSR count). The Morgan fingerprint density at radius 2 is 1.22 bits per heavy atom. The number of fused-ring (bicyclic) bond motifs is 8. The van der Waals surface area contributed by atoms with Crippen LogP contribution in [0.3, 0.4) is 0 Å².